The molecular weight excluding hydrogens is 200 g/mol. The Labute approximate surface area is 89.0 Å². The van der Waals surface area contributed by atoms with Crippen LogP contribution in [0.3, 0.4) is 0 Å². The van der Waals surface area contributed by atoms with Crippen molar-refractivity contribution in [1.82, 2.24) is 5.48 Å². The van der Waals surface area contributed by atoms with Crippen LogP contribution in [-0.4, -0.2) is 45.0 Å². The number of carbonyl (C=O) groups excluding carboxylic acids is 1. The smallest absolute Gasteiger partial charge is 0.263 e. The van der Waals surface area contributed by atoms with Crippen LogP contribution >= 0.6 is 0 Å². The number of nitrogens with two attached hydrogens (primary N) is 1. The quantitative estimate of drug-likeness (QED) is 0.466. The minimum atomic E-state index is -0.856. The van der Waals surface area contributed by atoms with Gasteiger partial charge in [0.05, 0.1) is 13.2 Å². The maximum atomic E-state index is 11.6. The highest BCUT2D eigenvalue weighted by Gasteiger charge is 2.36. The lowest BCUT2D eigenvalue weighted by molar-refractivity contribution is -0.143. The van der Waals surface area contributed by atoms with Gasteiger partial charge in [-0.2, -0.15) is 0 Å². The fourth-order valence-electron chi connectivity index (χ4n) is 1.31. The molecule has 0 spiro atoms. The first-order chi connectivity index (χ1) is 7.19. The Morgan fingerprint density at radius 2 is 2.13 bits per heavy atom. The average molecular weight is 218 g/mol. The summed E-state index contributed by atoms with van der Waals surface area (Å²) in [6, 6.07) is 0. The predicted molar refractivity (Wildman–Crippen MR) is 52.9 cm³/mol. The molecule has 0 aromatic rings. The molecule has 88 valence electrons. The Bertz CT molecular complexity index is 204. The van der Waals surface area contributed by atoms with Gasteiger partial charge in [0.15, 0.2) is 0 Å². The van der Waals surface area contributed by atoms with Crippen molar-refractivity contribution in [3.8, 4) is 0 Å². The molecule has 1 aliphatic heterocycles. The Balaban J connectivity index is 2.25. The van der Waals surface area contributed by atoms with Crippen molar-refractivity contribution in [2.45, 2.75) is 18.4 Å². The van der Waals surface area contributed by atoms with E-state index in [2.05, 4.69) is 5.48 Å². The van der Waals surface area contributed by atoms with Crippen molar-refractivity contribution in [2.24, 2.45) is 5.73 Å². The molecule has 0 aromatic carbocycles. The molecule has 1 amide bonds. The van der Waals surface area contributed by atoms with Crippen molar-refractivity contribution in [2.75, 3.05) is 33.5 Å². The van der Waals surface area contributed by atoms with Gasteiger partial charge in [-0.1, -0.05) is 0 Å². The maximum Gasteiger partial charge on any atom is 0.263 e. The van der Waals surface area contributed by atoms with Crippen LogP contribution in [0, 0.1) is 0 Å². The number of hydrogen-bond donors (Lipinski definition) is 2. The van der Waals surface area contributed by atoms with Crippen LogP contribution in [0.2, 0.25) is 0 Å². The Kier molecular flexibility index (Phi) is 4.97. The van der Waals surface area contributed by atoms with Crippen LogP contribution < -0.4 is 11.2 Å². The van der Waals surface area contributed by atoms with Crippen molar-refractivity contribution >= 4 is 5.91 Å². The van der Waals surface area contributed by atoms with E-state index in [1.54, 1.807) is 7.11 Å². The number of carbonyl (C=O) groups is 1. The van der Waals surface area contributed by atoms with Crippen LogP contribution in [0.15, 0.2) is 0 Å². The molecule has 0 unspecified atom stereocenters. The summed E-state index contributed by atoms with van der Waals surface area (Å²) in [6.45, 7) is 1.78. The summed E-state index contributed by atoms with van der Waals surface area (Å²) < 4.78 is 9.90. The van der Waals surface area contributed by atoms with E-state index in [0.29, 0.717) is 39.3 Å². The van der Waals surface area contributed by atoms with Crippen molar-refractivity contribution in [3.05, 3.63) is 0 Å². The molecule has 1 rings (SSSR count). The lowest BCUT2D eigenvalue weighted by atomic mass is 9.91. The summed E-state index contributed by atoms with van der Waals surface area (Å²) in [5, 5.41) is 0. The molecule has 0 radical (unpaired) electrons. The number of amides is 1. The normalized spacial score (nSPS) is 19.9. The number of ether oxygens (including phenoxy) is 2. The highest BCUT2D eigenvalue weighted by atomic mass is 16.7. The van der Waals surface area contributed by atoms with Gasteiger partial charge in [-0.25, -0.2) is 5.48 Å². The molecule has 15 heavy (non-hydrogen) atoms. The standard InChI is InChI=1S/C9H18N2O4/c1-13-6-7-15-11-8(12)9(10)2-4-14-5-3-9/h2-7,10H2,1H3,(H,11,12). The Morgan fingerprint density at radius 1 is 1.47 bits per heavy atom. The summed E-state index contributed by atoms with van der Waals surface area (Å²) in [4.78, 5) is 16.5. The zero-order valence-electron chi connectivity index (χ0n) is 8.95. The number of nitrogens with one attached hydrogen (secondary N) is 1. The van der Waals surface area contributed by atoms with Gasteiger partial charge in [0.1, 0.15) is 5.54 Å². The van der Waals surface area contributed by atoms with Gasteiger partial charge >= 0.3 is 0 Å². The summed E-state index contributed by atoms with van der Waals surface area (Å²) in [5.41, 5.74) is 7.39. The number of hydroxylamine groups is 1. The van der Waals surface area contributed by atoms with E-state index >= 15 is 0 Å². The summed E-state index contributed by atoms with van der Waals surface area (Å²) in [7, 11) is 1.56. The first-order valence-corrected chi connectivity index (χ1v) is 4.97. The summed E-state index contributed by atoms with van der Waals surface area (Å²) >= 11 is 0. The second-order valence-electron chi connectivity index (χ2n) is 3.54. The lowest BCUT2D eigenvalue weighted by Crippen LogP contribution is -2.56. The highest BCUT2D eigenvalue weighted by molar-refractivity contribution is 5.85. The van der Waals surface area contributed by atoms with E-state index in [4.69, 9.17) is 20.0 Å². The second-order valence-corrected chi connectivity index (χ2v) is 3.54. The number of hydrogen-bond acceptors (Lipinski definition) is 5. The topological polar surface area (TPSA) is 82.8 Å². The van der Waals surface area contributed by atoms with Crippen LogP contribution in [0.5, 0.6) is 0 Å². The van der Waals surface area contributed by atoms with Gasteiger partial charge in [-0.3, -0.25) is 9.63 Å². The van der Waals surface area contributed by atoms with Gasteiger partial charge in [0.25, 0.3) is 5.91 Å². The van der Waals surface area contributed by atoms with E-state index in [0.717, 1.165) is 0 Å². The van der Waals surface area contributed by atoms with Crippen molar-refractivity contribution < 1.29 is 19.1 Å². The molecule has 0 saturated carbocycles. The van der Waals surface area contributed by atoms with Gasteiger partial charge < -0.3 is 15.2 Å². The molecule has 1 heterocycles. The fraction of sp³-hybridized carbons (Fsp3) is 0.889. The molecule has 0 bridgehead atoms. The van der Waals surface area contributed by atoms with E-state index in [1.807, 2.05) is 0 Å². The molecule has 1 saturated heterocycles. The molecule has 1 aliphatic rings. The van der Waals surface area contributed by atoms with Gasteiger partial charge in [-0.15, -0.1) is 0 Å². The SMILES string of the molecule is COCCONC(=O)C1(N)CCOCC1. The predicted octanol–water partition coefficient (Wildman–Crippen LogP) is -0.811. The molecule has 0 atom stereocenters. The zero-order valence-corrected chi connectivity index (χ0v) is 8.95. The van der Waals surface area contributed by atoms with Crippen LogP contribution in [0.4, 0.5) is 0 Å². The van der Waals surface area contributed by atoms with Crippen LogP contribution in [-0.2, 0) is 19.1 Å². The molecular formula is C9H18N2O4. The first-order valence-electron chi connectivity index (χ1n) is 4.97. The van der Waals surface area contributed by atoms with Gasteiger partial charge in [-0.05, 0) is 12.8 Å². The fourth-order valence-corrected chi connectivity index (χ4v) is 1.31. The maximum absolute atomic E-state index is 11.6. The van der Waals surface area contributed by atoms with E-state index in [-0.39, 0.29) is 5.91 Å². The minimum absolute atomic E-state index is 0.290. The summed E-state index contributed by atoms with van der Waals surface area (Å²) in [6.07, 6.45) is 1.04. The monoisotopic (exact) mass is 218 g/mol. The Morgan fingerprint density at radius 3 is 2.73 bits per heavy atom. The van der Waals surface area contributed by atoms with Crippen LogP contribution in [0.25, 0.3) is 0 Å². The largest absolute Gasteiger partial charge is 0.382 e. The molecule has 0 aromatic heterocycles. The van der Waals surface area contributed by atoms with E-state index in [1.165, 1.54) is 0 Å². The molecule has 1 fully saturated rings. The first kappa shape index (κ1) is 12.4. The number of rotatable bonds is 5. The second kappa shape index (κ2) is 6.02. The molecule has 0 aliphatic carbocycles. The minimum Gasteiger partial charge on any atom is -0.382 e. The third kappa shape index (κ3) is 3.75. The molecule has 3 N–H and O–H groups in total. The third-order valence-electron chi connectivity index (χ3n) is 2.39. The average Bonchev–Trinajstić information content (AvgIpc) is 2.25. The Hall–Kier alpha value is -0.690. The summed E-state index contributed by atoms with van der Waals surface area (Å²) in [5.74, 6) is -0.290. The van der Waals surface area contributed by atoms with Gasteiger partial charge in [0, 0.05) is 20.3 Å². The van der Waals surface area contributed by atoms with Crippen molar-refractivity contribution in [1.29, 1.82) is 0 Å². The third-order valence-corrected chi connectivity index (χ3v) is 2.39. The van der Waals surface area contributed by atoms with Crippen molar-refractivity contribution in [3.63, 3.8) is 0 Å². The van der Waals surface area contributed by atoms with Gasteiger partial charge in [0.2, 0.25) is 0 Å². The van der Waals surface area contributed by atoms with Crippen LogP contribution in [0.1, 0.15) is 12.8 Å². The molecule has 6 heteroatoms. The zero-order chi connectivity index (χ0) is 11.1. The highest BCUT2D eigenvalue weighted by Crippen LogP contribution is 2.17. The van der Waals surface area contributed by atoms with E-state index in [9.17, 15) is 4.79 Å². The number of methoxy groups -OCH3 is 1. The lowest BCUT2D eigenvalue weighted by Gasteiger charge is -2.31. The van der Waals surface area contributed by atoms with E-state index < -0.39 is 5.54 Å². The molecule has 6 nitrogen and oxygen atoms in total.